The predicted molar refractivity (Wildman–Crippen MR) is 109 cm³/mol. The Hall–Kier alpha value is -2.21. The Morgan fingerprint density at radius 3 is 2.56 bits per heavy atom. The van der Waals surface area contributed by atoms with Gasteiger partial charge in [0.1, 0.15) is 5.76 Å². The van der Waals surface area contributed by atoms with Gasteiger partial charge in [0.25, 0.3) is 0 Å². The quantitative estimate of drug-likeness (QED) is 0.722. The number of rotatable bonds is 8. The molecule has 1 fully saturated rings. The third kappa shape index (κ3) is 6.47. The minimum atomic E-state index is -0.0904. The second-order valence-corrected chi connectivity index (χ2v) is 7.89. The molecule has 2 aromatic rings. The number of anilines is 1. The van der Waals surface area contributed by atoms with Crippen molar-refractivity contribution in [2.45, 2.75) is 38.1 Å². The molecule has 2 amide bonds. The molecule has 0 aliphatic heterocycles. The number of amides is 2. The van der Waals surface area contributed by atoms with Gasteiger partial charge in [0.2, 0.25) is 11.8 Å². The average Bonchev–Trinajstić information content (AvgIpc) is 3.17. The van der Waals surface area contributed by atoms with E-state index in [9.17, 15) is 9.59 Å². The van der Waals surface area contributed by atoms with Crippen LogP contribution in [0.25, 0.3) is 0 Å². The van der Waals surface area contributed by atoms with Crippen LogP contribution in [0.4, 0.5) is 5.69 Å². The lowest BCUT2D eigenvalue weighted by Crippen LogP contribution is -2.43. The van der Waals surface area contributed by atoms with Crippen molar-refractivity contribution in [3.05, 3.63) is 54.5 Å². The zero-order valence-electron chi connectivity index (χ0n) is 15.4. The summed E-state index contributed by atoms with van der Waals surface area (Å²) in [5, 5.41) is 6.00. The van der Waals surface area contributed by atoms with Crippen LogP contribution in [0.1, 0.15) is 31.4 Å². The molecular weight excluding hydrogens is 360 g/mol. The molecule has 2 atom stereocenters. The summed E-state index contributed by atoms with van der Waals surface area (Å²) in [6.45, 7) is 0. The maximum atomic E-state index is 12.3. The van der Waals surface area contributed by atoms with E-state index >= 15 is 0 Å². The molecule has 1 aromatic carbocycles. The molecule has 1 aliphatic rings. The van der Waals surface area contributed by atoms with Gasteiger partial charge in [-0.25, -0.2) is 0 Å². The Morgan fingerprint density at radius 1 is 1.00 bits per heavy atom. The molecule has 1 heterocycles. The van der Waals surface area contributed by atoms with Crippen LogP contribution < -0.4 is 10.6 Å². The largest absolute Gasteiger partial charge is 0.469 e. The van der Waals surface area contributed by atoms with Crippen molar-refractivity contribution in [2.75, 3.05) is 16.8 Å². The molecule has 3 rings (SSSR count). The third-order valence-electron chi connectivity index (χ3n) is 4.82. The van der Waals surface area contributed by atoms with Gasteiger partial charge in [-0.3, -0.25) is 9.59 Å². The lowest BCUT2D eigenvalue weighted by atomic mass is 9.82. The Morgan fingerprint density at radius 2 is 1.78 bits per heavy atom. The Bertz CT molecular complexity index is 718. The van der Waals surface area contributed by atoms with Gasteiger partial charge >= 0.3 is 0 Å². The van der Waals surface area contributed by atoms with E-state index in [1.807, 2.05) is 42.5 Å². The summed E-state index contributed by atoms with van der Waals surface area (Å²) < 4.78 is 5.47. The number of hydrogen-bond acceptors (Lipinski definition) is 4. The zero-order chi connectivity index (χ0) is 18.9. The van der Waals surface area contributed by atoms with Gasteiger partial charge in [-0.15, -0.1) is 11.8 Å². The molecule has 0 saturated heterocycles. The average molecular weight is 387 g/mol. The zero-order valence-corrected chi connectivity index (χ0v) is 16.2. The molecule has 5 nitrogen and oxygen atoms in total. The van der Waals surface area contributed by atoms with Crippen molar-refractivity contribution in [1.29, 1.82) is 0 Å². The fraction of sp³-hybridized carbons (Fsp3) is 0.429. The highest BCUT2D eigenvalue weighted by atomic mass is 32.2. The van der Waals surface area contributed by atoms with Crippen LogP contribution in [0, 0.1) is 5.92 Å². The number of carbonyl (C=O) groups is 2. The van der Waals surface area contributed by atoms with Crippen LogP contribution in [0.5, 0.6) is 0 Å². The van der Waals surface area contributed by atoms with Crippen LogP contribution in [-0.2, 0) is 16.0 Å². The Kier molecular flexibility index (Phi) is 7.39. The molecule has 0 bridgehead atoms. The molecule has 0 unspecified atom stereocenters. The van der Waals surface area contributed by atoms with E-state index in [0.717, 1.165) is 37.1 Å². The first-order valence-corrected chi connectivity index (χ1v) is 10.6. The van der Waals surface area contributed by atoms with Crippen molar-refractivity contribution >= 4 is 29.3 Å². The van der Waals surface area contributed by atoms with Gasteiger partial charge in [0.15, 0.2) is 0 Å². The van der Waals surface area contributed by atoms with Crippen LogP contribution >= 0.6 is 11.8 Å². The lowest BCUT2D eigenvalue weighted by molar-refractivity contribution is -0.119. The molecular formula is C21H26N2O3S. The monoisotopic (exact) mass is 386 g/mol. The molecule has 27 heavy (non-hydrogen) atoms. The fourth-order valence-corrected chi connectivity index (χ4v) is 4.16. The highest BCUT2D eigenvalue weighted by Crippen LogP contribution is 2.28. The van der Waals surface area contributed by atoms with Crippen LogP contribution in [0.15, 0.2) is 53.1 Å². The maximum absolute atomic E-state index is 12.3. The normalized spacial score (nSPS) is 19.4. The number of benzene rings is 1. The molecule has 2 N–H and O–H groups in total. The summed E-state index contributed by atoms with van der Waals surface area (Å²) in [7, 11) is 0. The summed E-state index contributed by atoms with van der Waals surface area (Å²) in [5.41, 5.74) is 0.774. The topological polar surface area (TPSA) is 71.3 Å². The Balaban J connectivity index is 1.39. The highest BCUT2D eigenvalue weighted by Gasteiger charge is 2.27. The van der Waals surface area contributed by atoms with Crippen molar-refractivity contribution in [2.24, 2.45) is 5.92 Å². The number of carbonyl (C=O) groups excluding carboxylic acids is 2. The van der Waals surface area contributed by atoms with Gasteiger partial charge in [0.05, 0.1) is 17.8 Å². The molecule has 0 spiro atoms. The minimum Gasteiger partial charge on any atom is -0.469 e. The van der Waals surface area contributed by atoms with Gasteiger partial charge < -0.3 is 15.1 Å². The van der Waals surface area contributed by atoms with Gasteiger partial charge in [0, 0.05) is 18.2 Å². The molecule has 1 aromatic heterocycles. The van der Waals surface area contributed by atoms with Crippen molar-refractivity contribution in [1.82, 2.24) is 5.32 Å². The van der Waals surface area contributed by atoms with E-state index in [1.165, 1.54) is 18.2 Å². The molecule has 0 radical (unpaired) electrons. The summed E-state index contributed by atoms with van der Waals surface area (Å²) in [5.74, 6) is 1.87. The van der Waals surface area contributed by atoms with E-state index in [0.29, 0.717) is 11.7 Å². The standard InChI is InChI=1S/C21H26N2O3S/c24-20(22-17-8-2-1-3-9-17)14-27-15-21(25)23-19-11-5-4-7-16(19)13-18-10-6-12-26-18/h1-3,6,8-10,12,16,19H,4-5,7,11,13-15H2,(H,22,24)(H,23,25)/t16-,19+/m0/s1. The van der Waals surface area contributed by atoms with Crippen molar-refractivity contribution in [3.63, 3.8) is 0 Å². The third-order valence-corrected chi connectivity index (χ3v) is 5.76. The minimum absolute atomic E-state index is 0.00357. The smallest absolute Gasteiger partial charge is 0.234 e. The van der Waals surface area contributed by atoms with E-state index in [4.69, 9.17) is 4.42 Å². The van der Waals surface area contributed by atoms with E-state index in [1.54, 1.807) is 6.26 Å². The number of hydrogen-bond donors (Lipinski definition) is 2. The SMILES string of the molecule is O=C(CSCC(=O)N[C@@H]1CCCC[C@H]1Cc1ccco1)Nc1ccccc1. The summed E-state index contributed by atoms with van der Waals surface area (Å²) in [4.78, 5) is 24.3. The number of para-hydroxylation sites is 1. The van der Waals surface area contributed by atoms with E-state index in [-0.39, 0.29) is 23.6 Å². The first-order chi connectivity index (χ1) is 13.2. The number of thioether (sulfide) groups is 1. The number of nitrogens with one attached hydrogen (secondary N) is 2. The van der Waals surface area contributed by atoms with Gasteiger partial charge in [-0.05, 0) is 43.0 Å². The maximum Gasteiger partial charge on any atom is 0.234 e. The predicted octanol–water partition coefficient (Wildman–Crippen LogP) is 3.87. The van der Waals surface area contributed by atoms with E-state index in [2.05, 4.69) is 10.6 Å². The summed E-state index contributed by atoms with van der Waals surface area (Å²) in [6, 6.07) is 13.4. The first-order valence-electron chi connectivity index (χ1n) is 9.45. The molecule has 1 aliphatic carbocycles. The second kappa shape index (κ2) is 10.2. The summed E-state index contributed by atoms with van der Waals surface area (Å²) in [6.07, 6.45) is 7.03. The van der Waals surface area contributed by atoms with Crippen molar-refractivity contribution in [3.8, 4) is 0 Å². The molecule has 6 heteroatoms. The first kappa shape index (κ1) is 19.5. The Labute approximate surface area is 164 Å². The van der Waals surface area contributed by atoms with Crippen LogP contribution in [-0.4, -0.2) is 29.4 Å². The second-order valence-electron chi connectivity index (χ2n) is 6.91. The van der Waals surface area contributed by atoms with Gasteiger partial charge in [-0.2, -0.15) is 0 Å². The fourth-order valence-electron chi connectivity index (χ4n) is 3.53. The highest BCUT2D eigenvalue weighted by molar-refractivity contribution is 8.00. The summed E-state index contributed by atoms with van der Waals surface area (Å²) >= 11 is 1.34. The van der Waals surface area contributed by atoms with Gasteiger partial charge in [-0.1, -0.05) is 31.0 Å². The lowest BCUT2D eigenvalue weighted by Gasteiger charge is -2.31. The molecule has 144 valence electrons. The van der Waals surface area contributed by atoms with E-state index < -0.39 is 0 Å². The van der Waals surface area contributed by atoms with Crippen LogP contribution in [0.3, 0.4) is 0 Å². The molecule has 1 saturated carbocycles. The van der Waals surface area contributed by atoms with Crippen molar-refractivity contribution < 1.29 is 14.0 Å². The van der Waals surface area contributed by atoms with Crippen LogP contribution in [0.2, 0.25) is 0 Å². The number of furan rings is 1.